The van der Waals surface area contributed by atoms with E-state index in [9.17, 15) is 4.55 Å². The summed E-state index contributed by atoms with van der Waals surface area (Å²) < 4.78 is 11.4. The van der Waals surface area contributed by atoms with Crippen molar-refractivity contribution >= 4 is 11.4 Å². The van der Waals surface area contributed by atoms with E-state index in [0.29, 0.717) is 5.41 Å². The van der Waals surface area contributed by atoms with E-state index >= 15 is 0 Å². The SMILES string of the molecule is CC(C)(c1cccc2c1CC1(CCNCC1)C2)[S+](N)[O-]. The van der Waals surface area contributed by atoms with Gasteiger partial charge in [-0.05, 0) is 69.2 Å². The molecule has 1 spiro atoms. The molecule has 1 heterocycles. The molecule has 1 saturated heterocycles. The fourth-order valence-corrected chi connectivity index (χ4v) is 4.24. The molecule has 1 aromatic carbocycles. The molecule has 0 radical (unpaired) electrons. The van der Waals surface area contributed by atoms with Crippen molar-refractivity contribution < 1.29 is 4.55 Å². The number of fused-ring (bicyclic) bond motifs is 1. The Morgan fingerprint density at radius 1 is 1.25 bits per heavy atom. The summed E-state index contributed by atoms with van der Waals surface area (Å²) in [7, 11) is 0. The largest absolute Gasteiger partial charge is 0.598 e. The van der Waals surface area contributed by atoms with Gasteiger partial charge in [-0.2, -0.15) is 5.14 Å². The summed E-state index contributed by atoms with van der Waals surface area (Å²) in [6.07, 6.45) is 4.78. The van der Waals surface area contributed by atoms with E-state index in [1.807, 2.05) is 13.8 Å². The van der Waals surface area contributed by atoms with Crippen molar-refractivity contribution in [2.75, 3.05) is 13.1 Å². The molecule has 3 N–H and O–H groups in total. The van der Waals surface area contributed by atoms with Gasteiger partial charge in [0.1, 0.15) is 0 Å². The summed E-state index contributed by atoms with van der Waals surface area (Å²) in [4.78, 5) is 0. The van der Waals surface area contributed by atoms with Crippen LogP contribution in [0.25, 0.3) is 0 Å². The molecule has 3 rings (SSSR count). The van der Waals surface area contributed by atoms with E-state index in [-0.39, 0.29) is 0 Å². The second kappa shape index (κ2) is 5.02. The smallest absolute Gasteiger partial charge is 0.164 e. The minimum absolute atomic E-state index is 0.426. The predicted octanol–water partition coefficient (Wildman–Crippen LogP) is 2.01. The first kappa shape index (κ1) is 14.4. The maximum Gasteiger partial charge on any atom is 0.164 e. The quantitative estimate of drug-likeness (QED) is 0.820. The lowest BCUT2D eigenvalue weighted by Gasteiger charge is -2.34. The van der Waals surface area contributed by atoms with Gasteiger partial charge in [-0.25, -0.2) is 0 Å². The monoisotopic (exact) mass is 292 g/mol. The molecule has 0 aromatic heterocycles. The summed E-state index contributed by atoms with van der Waals surface area (Å²) in [5, 5.41) is 9.19. The van der Waals surface area contributed by atoms with Crippen LogP contribution in [0, 0.1) is 5.41 Å². The lowest BCUT2D eigenvalue weighted by atomic mass is 9.76. The molecule has 0 amide bonds. The van der Waals surface area contributed by atoms with Gasteiger partial charge in [-0.1, -0.05) is 18.2 Å². The van der Waals surface area contributed by atoms with Crippen LogP contribution in [-0.4, -0.2) is 17.6 Å². The lowest BCUT2D eigenvalue weighted by Crippen LogP contribution is -2.38. The van der Waals surface area contributed by atoms with Gasteiger partial charge in [-0.3, -0.25) is 0 Å². The predicted molar refractivity (Wildman–Crippen MR) is 83.7 cm³/mol. The minimum Gasteiger partial charge on any atom is -0.598 e. The van der Waals surface area contributed by atoms with Gasteiger partial charge in [0.05, 0.1) is 0 Å². The van der Waals surface area contributed by atoms with Crippen LogP contribution in [0.15, 0.2) is 18.2 Å². The van der Waals surface area contributed by atoms with Crippen molar-refractivity contribution in [1.29, 1.82) is 0 Å². The molecule has 0 bridgehead atoms. The van der Waals surface area contributed by atoms with Crippen LogP contribution < -0.4 is 10.5 Å². The Kier molecular flexibility index (Phi) is 3.61. The number of nitrogens with one attached hydrogen (secondary N) is 1. The van der Waals surface area contributed by atoms with Gasteiger partial charge < -0.3 is 9.87 Å². The topological polar surface area (TPSA) is 61.1 Å². The molecule has 1 fully saturated rings. The lowest BCUT2D eigenvalue weighted by molar-refractivity contribution is 0.215. The van der Waals surface area contributed by atoms with Gasteiger partial charge in [0, 0.05) is 16.9 Å². The van der Waals surface area contributed by atoms with E-state index in [1.165, 1.54) is 36.0 Å². The first-order chi connectivity index (χ1) is 9.45. The maximum absolute atomic E-state index is 11.9. The second-order valence-electron chi connectivity index (χ2n) is 6.85. The Morgan fingerprint density at radius 3 is 2.60 bits per heavy atom. The Balaban J connectivity index is 1.98. The fraction of sp³-hybridized carbons (Fsp3) is 0.625. The number of nitrogens with two attached hydrogens (primary N) is 1. The molecule has 20 heavy (non-hydrogen) atoms. The van der Waals surface area contributed by atoms with Crippen molar-refractivity contribution in [3.05, 3.63) is 34.9 Å². The number of hydrogen-bond acceptors (Lipinski definition) is 3. The summed E-state index contributed by atoms with van der Waals surface area (Å²) in [6.45, 7) is 6.23. The van der Waals surface area contributed by atoms with Crippen molar-refractivity contribution in [2.24, 2.45) is 10.6 Å². The molecule has 1 aromatic rings. The van der Waals surface area contributed by atoms with E-state index < -0.39 is 16.1 Å². The molecule has 110 valence electrons. The molecule has 1 aliphatic heterocycles. The maximum atomic E-state index is 11.9. The second-order valence-corrected chi connectivity index (χ2v) is 8.47. The number of benzene rings is 1. The van der Waals surface area contributed by atoms with Crippen molar-refractivity contribution in [2.45, 2.75) is 44.3 Å². The van der Waals surface area contributed by atoms with Gasteiger partial charge in [0.15, 0.2) is 4.75 Å². The van der Waals surface area contributed by atoms with Gasteiger partial charge in [-0.15, -0.1) is 0 Å². The standard InChI is InChI=1S/C16H24N2OS/c1-15(2,20(17)19)14-5-3-4-12-10-16(11-13(12)14)6-8-18-9-7-16/h3-5,18H,6-11,17H2,1-2H3. The van der Waals surface area contributed by atoms with Crippen LogP contribution in [0.1, 0.15) is 43.4 Å². The Labute approximate surface area is 124 Å². The first-order valence-corrected chi connectivity index (χ1v) is 8.64. The third-order valence-electron chi connectivity index (χ3n) is 5.21. The van der Waals surface area contributed by atoms with Gasteiger partial charge in [0.2, 0.25) is 0 Å². The number of hydrogen-bond donors (Lipinski definition) is 2. The van der Waals surface area contributed by atoms with E-state index in [4.69, 9.17) is 5.14 Å². The van der Waals surface area contributed by atoms with Crippen LogP contribution in [0.3, 0.4) is 0 Å². The first-order valence-electron chi connectivity index (χ1n) is 7.43. The van der Waals surface area contributed by atoms with Gasteiger partial charge in [0.25, 0.3) is 0 Å². The number of piperidine rings is 1. The molecule has 1 unspecified atom stereocenters. The van der Waals surface area contributed by atoms with Crippen molar-refractivity contribution in [1.82, 2.24) is 5.32 Å². The third kappa shape index (κ3) is 2.29. The molecular weight excluding hydrogens is 268 g/mol. The van der Waals surface area contributed by atoms with Crippen LogP contribution in [0.4, 0.5) is 0 Å². The van der Waals surface area contributed by atoms with Crippen molar-refractivity contribution in [3.8, 4) is 0 Å². The normalized spacial score (nSPS) is 22.8. The summed E-state index contributed by atoms with van der Waals surface area (Å²) in [6, 6.07) is 6.46. The van der Waals surface area contributed by atoms with Crippen LogP contribution >= 0.6 is 0 Å². The zero-order valence-corrected chi connectivity index (χ0v) is 13.2. The zero-order chi connectivity index (χ0) is 14.4. The van der Waals surface area contributed by atoms with E-state index in [0.717, 1.165) is 19.5 Å². The molecule has 1 aliphatic carbocycles. The minimum atomic E-state index is -1.35. The highest BCUT2D eigenvalue weighted by molar-refractivity contribution is 7.90. The Bertz CT molecular complexity index is 507. The summed E-state index contributed by atoms with van der Waals surface area (Å²) >= 11 is -1.35. The summed E-state index contributed by atoms with van der Waals surface area (Å²) in [5.41, 5.74) is 4.47. The fourth-order valence-electron chi connectivity index (χ4n) is 3.83. The molecule has 3 nitrogen and oxygen atoms in total. The zero-order valence-electron chi connectivity index (χ0n) is 12.4. The van der Waals surface area contributed by atoms with Crippen molar-refractivity contribution in [3.63, 3.8) is 0 Å². The molecular formula is C16H24N2OS. The average Bonchev–Trinajstić information content (AvgIpc) is 2.76. The molecule has 0 saturated carbocycles. The van der Waals surface area contributed by atoms with E-state index in [1.54, 1.807) is 0 Å². The van der Waals surface area contributed by atoms with E-state index in [2.05, 4.69) is 23.5 Å². The van der Waals surface area contributed by atoms with Crippen LogP contribution in [0.2, 0.25) is 0 Å². The molecule has 4 heteroatoms. The Hall–Kier alpha value is -0.550. The highest BCUT2D eigenvalue weighted by Gasteiger charge is 2.43. The highest BCUT2D eigenvalue weighted by Crippen LogP contribution is 2.46. The third-order valence-corrected chi connectivity index (χ3v) is 6.43. The van der Waals surface area contributed by atoms with Gasteiger partial charge >= 0.3 is 0 Å². The van der Waals surface area contributed by atoms with Crippen LogP contribution in [-0.2, 0) is 29.0 Å². The number of rotatable bonds is 2. The summed E-state index contributed by atoms with van der Waals surface area (Å²) in [5.74, 6) is 0. The Morgan fingerprint density at radius 2 is 1.95 bits per heavy atom. The van der Waals surface area contributed by atoms with Crippen LogP contribution in [0.5, 0.6) is 0 Å². The average molecular weight is 292 g/mol. The molecule has 1 atom stereocenters. The molecule has 2 aliphatic rings. The highest BCUT2D eigenvalue weighted by atomic mass is 32.2.